The van der Waals surface area contributed by atoms with Crippen LogP contribution in [0.2, 0.25) is 0 Å². The van der Waals surface area contributed by atoms with Crippen LogP contribution in [0.5, 0.6) is 0 Å². The molecular formula is C12H26N2. The van der Waals surface area contributed by atoms with Gasteiger partial charge in [0.15, 0.2) is 0 Å². The quantitative estimate of drug-likeness (QED) is 0.472. The van der Waals surface area contributed by atoms with Gasteiger partial charge in [-0.15, -0.1) is 0 Å². The standard InChI is InChI=1S/C12H26N2/c1-6-9-10-14(5)12(8-3)13-11(4)7-2/h11H,6-10H2,1-5H3. The van der Waals surface area contributed by atoms with Gasteiger partial charge >= 0.3 is 0 Å². The zero-order valence-corrected chi connectivity index (χ0v) is 10.5. The van der Waals surface area contributed by atoms with Gasteiger partial charge in [-0.25, -0.2) is 0 Å². The Hall–Kier alpha value is -0.530. The van der Waals surface area contributed by atoms with Gasteiger partial charge < -0.3 is 4.90 Å². The fourth-order valence-electron chi connectivity index (χ4n) is 1.33. The highest BCUT2D eigenvalue weighted by atomic mass is 15.2. The molecule has 0 aliphatic rings. The van der Waals surface area contributed by atoms with Crippen molar-refractivity contribution in [2.75, 3.05) is 13.6 Å². The van der Waals surface area contributed by atoms with Crippen molar-refractivity contribution in [2.24, 2.45) is 4.99 Å². The summed E-state index contributed by atoms with van der Waals surface area (Å²) in [5.74, 6) is 1.26. The van der Waals surface area contributed by atoms with E-state index >= 15 is 0 Å². The van der Waals surface area contributed by atoms with E-state index in [2.05, 4.69) is 39.6 Å². The molecule has 0 aliphatic carbocycles. The molecule has 2 heteroatoms. The first kappa shape index (κ1) is 13.5. The van der Waals surface area contributed by atoms with E-state index in [0.717, 1.165) is 19.4 Å². The molecule has 0 heterocycles. The second-order valence-electron chi connectivity index (χ2n) is 3.93. The first-order chi connectivity index (χ1) is 6.65. The van der Waals surface area contributed by atoms with Gasteiger partial charge in [-0.3, -0.25) is 4.99 Å². The van der Waals surface area contributed by atoms with E-state index in [1.165, 1.54) is 18.7 Å². The minimum absolute atomic E-state index is 0.467. The van der Waals surface area contributed by atoms with Crippen LogP contribution in [0.1, 0.15) is 53.4 Å². The van der Waals surface area contributed by atoms with Crippen LogP contribution in [0.15, 0.2) is 4.99 Å². The lowest BCUT2D eigenvalue weighted by molar-refractivity contribution is 0.470. The molecule has 1 atom stereocenters. The van der Waals surface area contributed by atoms with E-state index in [9.17, 15) is 0 Å². The molecule has 14 heavy (non-hydrogen) atoms. The van der Waals surface area contributed by atoms with Crippen LogP contribution >= 0.6 is 0 Å². The third-order valence-electron chi connectivity index (χ3n) is 2.56. The highest BCUT2D eigenvalue weighted by molar-refractivity contribution is 5.81. The Labute approximate surface area is 89.4 Å². The van der Waals surface area contributed by atoms with Crippen molar-refractivity contribution >= 4 is 5.84 Å². The van der Waals surface area contributed by atoms with Gasteiger partial charge in [-0.1, -0.05) is 27.2 Å². The van der Waals surface area contributed by atoms with Crippen LogP contribution in [0.3, 0.4) is 0 Å². The number of rotatable bonds is 6. The average molecular weight is 198 g/mol. The molecule has 0 saturated heterocycles. The monoisotopic (exact) mass is 198 g/mol. The lowest BCUT2D eigenvalue weighted by Crippen LogP contribution is -2.28. The van der Waals surface area contributed by atoms with Gasteiger partial charge in [0.05, 0.1) is 5.84 Å². The summed E-state index contributed by atoms with van der Waals surface area (Å²) in [5.41, 5.74) is 0. The third-order valence-corrected chi connectivity index (χ3v) is 2.56. The molecular weight excluding hydrogens is 172 g/mol. The first-order valence-corrected chi connectivity index (χ1v) is 5.93. The van der Waals surface area contributed by atoms with Crippen LogP contribution < -0.4 is 0 Å². The molecule has 0 bridgehead atoms. The minimum atomic E-state index is 0.467. The number of nitrogens with zero attached hydrogens (tertiary/aromatic N) is 2. The van der Waals surface area contributed by atoms with Crippen LogP contribution in [-0.2, 0) is 0 Å². The molecule has 0 N–H and O–H groups in total. The molecule has 0 aromatic carbocycles. The molecule has 84 valence electrons. The van der Waals surface area contributed by atoms with E-state index in [-0.39, 0.29) is 0 Å². The summed E-state index contributed by atoms with van der Waals surface area (Å²) in [6.45, 7) is 9.92. The maximum absolute atomic E-state index is 4.71. The summed E-state index contributed by atoms with van der Waals surface area (Å²) < 4.78 is 0. The molecule has 0 aliphatic heterocycles. The molecule has 0 fully saturated rings. The molecule has 0 amide bonds. The maximum atomic E-state index is 4.71. The summed E-state index contributed by atoms with van der Waals surface area (Å²) in [7, 11) is 2.15. The van der Waals surface area contributed by atoms with Crippen molar-refractivity contribution in [1.82, 2.24) is 4.90 Å². The number of aliphatic imine (C=N–C) groups is 1. The smallest absolute Gasteiger partial charge is 0.0986 e. The minimum Gasteiger partial charge on any atom is -0.363 e. The molecule has 0 spiro atoms. The Bertz CT molecular complexity index is 164. The largest absolute Gasteiger partial charge is 0.363 e. The zero-order valence-electron chi connectivity index (χ0n) is 10.5. The van der Waals surface area contributed by atoms with Gasteiger partial charge in [-0.2, -0.15) is 0 Å². The zero-order chi connectivity index (χ0) is 11.0. The Morgan fingerprint density at radius 1 is 1.29 bits per heavy atom. The van der Waals surface area contributed by atoms with Crippen LogP contribution in [0, 0.1) is 0 Å². The normalized spacial score (nSPS) is 14.2. The van der Waals surface area contributed by atoms with E-state index in [1.807, 2.05) is 0 Å². The third kappa shape index (κ3) is 5.25. The van der Waals surface area contributed by atoms with Crippen LogP contribution in [0.4, 0.5) is 0 Å². The van der Waals surface area contributed by atoms with Crippen molar-refractivity contribution < 1.29 is 0 Å². The van der Waals surface area contributed by atoms with Crippen molar-refractivity contribution in [3.63, 3.8) is 0 Å². The Balaban J connectivity index is 4.16. The number of hydrogen-bond acceptors (Lipinski definition) is 1. The lowest BCUT2D eigenvalue weighted by atomic mass is 10.2. The SMILES string of the molecule is CCCCN(C)C(CC)=NC(C)CC. The molecule has 0 radical (unpaired) electrons. The summed E-state index contributed by atoms with van der Waals surface area (Å²) >= 11 is 0. The summed E-state index contributed by atoms with van der Waals surface area (Å²) in [4.78, 5) is 7.01. The first-order valence-electron chi connectivity index (χ1n) is 5.93. The Morgan fingerprint density at radius 2 is 1.93 bits per heavy atom. The Kier molecular flexibility index (Phi) is 7.54. The van der Waals surface area contributed by atoms with E-state index in [0.29, 0.717) is 6.04 Å². The number of amidine groups is 1. The summed E-state index contributed by atoms with van der Waals surface area (Å²) in [6, 6.07) is 0.467. The van der Waals surface area contributed by atoms with Gasteiger partial charge in [0.2, 0.25) is 0 Å². The van der Waals surface area contributed by atoms with Gasteiger partial charge in [0.25, 0.3) is 0 Å². The molecule has 2 nitrogen and oxygen atoms in total. The molecule has 0 aromatic rings. The second-order valence-corrected chi connectivity index (χ2v) is 3.93. The second kappa shape index (κ2) is 7.84. The predicted molar refractivity (Wildman–Crippen MR) is 65.0 cm³/mol. The van der Waals surface area contributed by atoms with Gasteiger partial charge in [0, 0.05) is 26.1 Å². The number of hydrogen-bond donors (Lipinski definition) is 0. The topological polar surface area (TPSA) is 15.6 Å². The van der Waals surface area contributed by atoms with Crippen LogP contribution in [-0.4, -0.2) is 30.4 Å². The summed E-state index contributed by atoms with van der Waals surface area (Å²) in [5, 5.41) is 0. The summed E-state index contributed by atoms with van der Waals surface area (Å²) in [6.07, 6.45) is 4.69. The Morgan fingerprint density at radius 3 is 2.36 bits per heavy atom. The van der Waals surface area contributed by atoms with Crippen molar-refractivity contribution in [1.29, 1.82) is 0 Å². The maximum Gasteiger partial charge on any atom is 0.0986 e. The van der Waals surface area contributed by atoms with Crippen molar-refractivity contribution in [3.05, 3.63) is 0 Å². The van der Waals surface area contributed by atoms with E-state index in [1.54, 1.807) is 0 Å². The van der Waals surface area contributed by atoms with E-state index in [4.69, 9.17) is 4.99 Å². The predicted octanol–water partition coefficient (Wildman–Crippen LogP) is 3.33. The highest BCUT2D eigenvalue weighted by Gasteiger charge is 2.04. The van der Waals surface area contributed by atoms with Crippen molar-refractivity contribution in [2.45, 2.75) is 59.4 Å². The van der Waals surface area contributed by atoms with E-state index < -0.39 is 0 Å². The van der Waals surface area contributed by atoms with Gasteiger partial charge in [0.1, 0.15) is 0 Å². The molecule has 0 rings (SSSR count). The highest BCUT2D eigenvalue weighted by Crippen LogP contribution is 2.02. The fraction of sp³-hybridized carbons (Fsp3) is 0.917. The van der Waals surface area contributed by atoms with Gasteiger partial charge in [-0.05, 0) is 19.8 Å². The lowest BCUT2D eigenvalue weighted by Gasteiger charge is -2.21. The average Bonchev–Trinajstić information content (AvgIpc) is 2.21. The fourth-order valence-corrected chi connectivity index (χ4v) is 1.33. The molecule has 0 aromatic heterocycles. The van der Waals surface area contributed by atoms with Crippen molar-refractivity contribution in [3.8, 4) is 0 Å². The number of unbranched alkanes of at least 4 members (excludes halogenated alkanes) is 1. The molecule has 0 saturated carbocycles. The van der Waals surface area contributed by atoms with Crippen LogP contribution in [0.25, 0.3) is 0 Å². The molecule has 1 unspecified atom stereocenters.